The van der Waals surface area contributed by atoms with Crippen molar-refractivity contribution < 1.29 is 4.79 Å². The first-order valence-corrected chi connectivity index (χ1v) is 4.94. The number of carbonyl (C=O) groups excluding carboxylic acids is 1. The number of rotatable bonds is 1. The van der Waals surface area contributed by atoms with Crippen LogP contribution in [0.3, 0.4) is 0 Å². The van der Waals surface area contributed by atoms with Crippen LogP contribution < -0.4 is 5.73 Å². The molecule has 1 aromatic carbocycles. The summed E-state index contributed by atoms with van der Waals surface area (Å²) in [6.45, 7) is 0. The van der Waals surface area contributed by atoms with Crippen molar-refractivity contribution in [3.05, 3.63) is 23.8 Å². The van der Waals surface area contributed by atoms with Crippen LogP contribution in [-0.4, -0.2) is 6.29 Å². The van der Waals surface area contributed by atoms with E-state index in [0.717, 1.165) is 20.6 Å². The van der Waals surface area contributed by atoms with Crippen molar-refractivity contribution in [1.82, 2.24) is 0 Å². The highest BCUT2D eigenvalue weighted by molar-refractivity contribution is 7.83. The van der Waals surface area contributed by atoms with Gasteiger partial charge < -0.3 is 5.73 Å². The second-order valence-electron chi connectivity index (χ2n) is 2.72. The number of thiophene rings is 1. The minimum absolute atomic E-state index is 0.611. The molecule has 0 radical (unpaired) electrons. The van der Waals surface area contributed by atoms with Crippen molar-refractivity contribution in [2.24, 2.45) is 0 Å². The van der Waals surface area contributed by atoms with E-state index < -0.39 is 0 Å². The minimum atomic E-state index is 0.611. The summed E-state index contributed by atoms with van der Waals surface area (Å²) in [5.74, 6) is 0. The van der Waals surface area contributed by atoms with Crippen molar-refractivity contribution in [3.63, 3.8) is 0 Å². The molecular formula is C9H7NOS2. The van der Waals surface area contributed by atoms with E-state index in [1.54, 1.807) is 6.07 Å². The zero-order chi connectivity index (χ0) is 9.42. The Labute approximate surface area is 84.8 Å². The first kappa shape index (κ1) is 8.59. The first-order valence-electron chi connectivity index (χ1n) is 3.68. The normalized spacial score (nSPS) is 10.5. The molecule has 66 valence electrons. The van der Waals surface area contributed by atoms with E-state index in [1.165, 1.54) is 11.3 Å². The fourth-order valence-electron chi connectivity index (χ4n) is 1.24. The number of nitrogens with two attached hydrogens (primary N) is 1. The molecule has 0 fully saturated rings. The molecule has 0 aliphatic heterocycles. The number of aldehydes is 1. The van der Waals surface area contributed by atoms with Gasteiger partial charge in [-0.2, -0.15) is 0 Å². The Morgan fingerprint density at radius 2 is 2.15 bits per heavy atom. The molecule has 0 bridgehead atoms. The number of hydrogen-bond donors (Lipinski definition) is 2. The van der Waals surface area contributed by atoms with Gasteiger partial charge in [0.25, 0.3) is 0 Å². The molecule has 2 nitrogen and oxygen atoms in total. The Balaban J connectivity index is 2.82. The molecule has 0 atom stereocenters. The number of thiol groups is 1. The molecule has 1 heterocycles. The Kier molecular flexibility index (Phi) is 2.01. The topological polar surface area (TPSA) is 43.1 Å². The molecular weight excluding hydrogens is 202 g/mol. The molecule has 1 aromatic heterocycles. The van der Waals surface area contributed by atoms with Crippen LogP contribution >= 0.6 is 24.0 Å². The molecule has 13 heavy (non-hydrogen) atoms. The number of hydrogen-bond acceptors (Lipinski definition) is 4. The van der Waals surface area contributed by atoms with Gasteiger partial charge in [-0.05, 0) is 18.2 Å². The second kappa shape index (κ2) is 3.05. The van der Waals surface area contributed by atoms with Crippen molar-refractivity contribution in [1.29, 1.82) is 0 Å². The van der Waals surface area contributed by atoms with Crippen LogP contribution in [0.15, 0.2) is 22.4 Å². The summed E-state index contributed by atoms with van der Waals surface area (Å²) in [7, 11) is 0. The van der Waals surface area contributed by atoms with Gasteiger partial charge in [-0.25, -0.2) is 0 Å². The van der Waals surface area contributed by atoms with Gasteiger partial charge in [-0.15, -0.1) is 24.0 Å². The van der Waals surface area contributed by atoms with Crippen LogP contribution in [0.5, 0.6) is 0 Å². The third kappa shape index (κ3) is 1.43. The molecule has 4 heteroatoms. The Hall–Kier alpha value is -1.00. The van der Waals surface area contributed by atoms with Crippen LogP contribution in [0.25, 0.3) is 10.1 Å². The van der Waals surface area contributed by atoms with Crippen molar-refractivity contribution in [3.8, 4) is 0 Å². The molecule has 2 rings (SSSR count). The smallest absolute Gasteiger partial charge is 0.150 e. The van der Waals surface area contributed by atoms with Crippen LogP contribution in [0.4, 0.5) is 5.69 Å². The molecule has 0 aliphatic carbocycles. The molecule has 2 N–H and O–H groups in total. The third-order valence-corrected chi connectivity index (χ3v) is 3.10. The summed E-state index contributed by atoms with van der Waals surface area (Å²) < 4.78 is 1.91. The van der Waals surface area contributed by atoms with Gasteiger partial charge in [0, 0.05) is 21.3 Å². The lowest BCUT2D eigenvalue weighted by atomic mass is 10.1. The summed E-state index contributed by atoms with van der Waals surface area (Å²) in [6, 6.07) is 5.41. The highest BCUT2D eigenvalue weighted by atomic mass is 32.2. The SMILES string of the molecule is Nc1cc(C=O)cc2sc(S)cc12. The van der Waals surface area contributed by atoms with Gasteiger partial charge in [-0.1, -0.05) is 0 Å². The van der Waals surface area contributed by atoms with E-state index in [-0.39, 0.29) is 0 Å². The monoisotopic (exact) mass is 209 g/mol. The molecule has 0 amide bonds. The van der Waals surface area contributed by atoms with E-state index in [2.05, 4.69) is 12.6 Å². The van der Waals surface area contributed by atoms with E-state index in [9.17, 15) is 4.79 Å². The van der Waals surface area contributed by atoms with E-state index in [1.807, 2.05) is 12.1 Å². The zero-order valence-corrected chi connectivity index (χ0v) is 8.36. The zero-order valence-electron chi connectivity index (χ0n) is 6.65. The predicted octanol–water partition coefficient (Wildman–Crippen LogP) is 2.58. The van der Waals surface area contributed by atoms with Crippen LogP contribution in [0.2, 0.25) is 0 Å². The van der Waals surface area contributed by atoms with E-state index in [0.29, 0.717) is 11.3 Å². The average Bonchev–Trinajstić information content (AvgIpc) is 2.46. The molecule has 2 aromatic rings. The van der Waals surface area contributed by atoms with Crippen molar-refractivity contribution >= 4 is 46.0 Å². The standard InChI is InChI=1S/C9H7NOS2/c10-7-1-5(4-11)2-8-6(7)3-9(12)13-8/h1-4,12H,10H2. The Morgan fingerprint density at radius 1 is 1.38 bits per heavy atom. The number of nitrogen functional groups attached to an aromatic ring is 1. The van der Waals surface area contributed by atoms with Gasteiger partial charge in [0.1, 0.15) is 6.29 Å². The number of benzene rings is 1. The predicted molar refractivity (Wildman–Crippen MR) is 58.9 cm³/mol. The van der Waals surface area contributed by atoms with E-state index in [4.69, 9.17) is 5.73 Å². The van der Waals surface area contributed by atoms with Gasteiger partial charge in [0.15, 0.2) is 0 Å². The van der Waals surface area contributed by atoms with Gasteiger partial charge >= 0.3 is 0 Å². The summed E-state index contributed by atoms with van der Waals surface area (Å²) in [5.41, 5.74) is 7.01. The fraction of sp³-hybridized carbons (Fsp3) is 0. The lowest BCUT2D eigenvalue weighted by Gasteiger charge is -1.96. The molecule has 0 spiro atoms. The lowest BCUT2D eigenvalue weighted by Crippen LogP contribution is -1.87. The first-order chi connectivity index (χ1) is 6.20. The van der Waals surface area contributed by atoms with Gasteiger partial charge in [0.05, 0.1) is 4.21 Å². The van der Waals surface area contributed by atoms with Crippen LogP contribution in [0.1, 0.15) is 10.4 Å². The summed E-state index contributed by atoms with van der Waals surface area (Å²) >= 11 is 5.75. The van der Waals surface area contributed by atoms with E-state index >= 15 is 0 Å². The molecule has 0 saturated carbocycles. The molecule has 0 aliphatic rings. The quantitative estimate of drug-likeness (QED) is 0.430. The van der Waals surface area contributed by atoms with Crippen molar-refractivity contribution in [2.75, 3.05) is 5.73 Å². The second-order valence-corrected chi connectivity index (χ2v) is 4.59. The summed E-state index contributed by atoms with van der Waals surface area (Å²) in [6.07, 6.45) is 0.799. The Bertz CT molecular complexity index is 476. The van der Waals surface area contributed by atoms with Gasteiger partial charge in [-0.3, -0.25) is 4.79 Å². The minimum Gasteiger partial charge on any atom is -0.398 e. The van der Waals surface area contributed by atoms with Crippen LogP contribution in [0, 0.1) is 0 Å². The van der Waals surface area contributed by atoms with Gasteiger partial charge in [0.2, 0.25) is 0 Å². The van der Waals surface area contributed by atoms with Crippen molar-refractivity contribution in [2.45, 2.75) is 4.21 Å². The summed E-state index contributed by atoms with van der Waals surface area (Å²) in [5, 5.41) is 0.973. The average molecular weight is 209 g/mol. The maximum Gasteiger partial charge on any atom is 0.150 e. The highest BCUT2D eigenvalue weighted by Crippen LogP contribution is 2.32. The fourth-order valence-corrected chi connectivity index (χ4v) is 2.55. The third-order valence-electron chi connectivity index (χ3n) is 1.81. The number of anilines is 1. The maximum atomic E-state index is 10.5. The largest absolute Gasteiger partial charge is 0.398 e. The molecule has 0 saturated heterocycles. The highest BCUT2D eigenvalue weighted by Gasteiger charge is 2.04. The number of fused-ring (bicyclic) bond motifs is 1. The van der Waals surface area contributed by atoms with Crippen LogP contribution in [-0.2, 0) is 0 Å². The Morgan fingerprint density at radius 3 is 2.85 bits per heavy atom. The lowest BCUT2D eigenvalue weighted by molar-refractivity contribution is 0.112. The maximum absolute atomic E-state index is 10.5. The summed E-state index contributed by atoms with van der Waals surface area (Å²) in [4.78, 5) is 10.5. The number of carbonyl (C=O) groups is 1. The molecule has 0 unspecified atom stereocenters.